The van der Waals surface area contributed by atoms with Gasteiger partial charge in [0, 0.05) is 38.5 Å². The van der Waals surface area contributed by atoms with Crippen LogP contribution in [0.3, 0.4) is 0 Å². The van der Waals surface area contributed by atoms with E-state index in [1.54, 1.807) is 29.3 Å². The Kier molecular flexibility index (Phi) is 5.71. The molecular weight excluding hydrogens is 368 g/mol. The molecule has 3 rings (SSSR count). The van der Waals surface area contributed by atoms with Crippen LogP contribution in [0.5, 0.6) is 5.88 Å². The van der Waals surface area contributed by atoms with Gasteiger partial charge in [0.15, 0.2) is 0 Å². The fourth-order valence-electron chi connectivity index (χ4n) is 2.90. The number of aromatic nitrogens is 2. The van der Waals surface area contributed by atoms with Crippen LogP contribution in [0.4, 0.5) is 0 Å². The van der Waals surface area contributed by atoms with Crippen LogP contribution in [0.25, 0.3) is 0 Å². The first-order valence-corrected chi connectivity index (χ1v) is 10.1. The van der Waals surface area contributed by atoms with Crippen molar-refractivity contribution in [1.82, 2.24) is 19.2 Å². The Morgan fingerprint density at radius 1 is 1.22 bits per heavy atom. The number of likely N-dealkylation sites (tertiary alicyclic amines) is 1. The van der Waals surface area contributed by atoms with Crippen molar-refractivity contribution >= 4 is 15.9 Å². The molecule has 1 aromatic heterocycles. The van der Waals surface area contributed by atoms with Gasteiger partial charge in [-0.3, -0.25) is 4.79 Å². The van der Waals surface area contributed by atoms with E-state index in [1.807, 2.05) is 0 Å². The summed E-state index contributed by atoms with van der Waals surface area (Å²) >= 11 is 0. The van der Waals surface area contributed by atoms with E-state index < -0.39 is 10.0 Å². The van der Waals surface area contributed by atoms with Crippen LogP contribution in [-0.2, 0) is 10.0 Å². The molecule has 0 aliphatic carbocycles. The van der Waals surface area contributed by atoms with Crippen LogP contribution in [0.2, 0.25) is 0 Å². The van der Waals surface area contributed by atoms with E-state index in [-0.39, 0.29) is 16.9 Å². The summed E-state index contributed by atoms with van der Waals surface area (Å²) in [6, 6.07) is 7.70. The monoisotopic (exact) mass is 390 g/mol. The van der Waals surface area contributed by atoms with Crippen molar-refractivity contribution < 1.29 is 17.9 Å². The normalized spacial score (nSPS) is 17.7. The van der Waals surface area contributed by atoms with Crippen LogP contribution in [0.1, 0.15) is 23.2 Å². The van der Waals surface area contributed by atoms with Gasteiger partial charge in [-0.15, -0.1) is 0 Å². The Bertz CT molecular complexity index is 885. The van der Waals surface area contributed by atoms with Crippen LogP contribution >= 0.6 is 0 Å². The summed E-state index contributed by atoms with van der Waals surface area (Å²) in [7, 11) is -0.567. The number of carbonyl (C=O) groups is 1. The molecule has 0 bridgehead atoms. The highest BCUT2D eigenvalue weighted by Gasteiger charge is 2.26. The highest BCUT2D eigenvalue weighted by atomic mass is 32.2. The van der Waals surface area contributed by atoms with Crippen molar-refractivity contribution in [2.75, 3.05) is 27.2 Å². The predicted molar refractivity (Wildman–Crippen MR) is 98.9 cm³/mol. The molecule has 1 fully saturated rings. The third kappa shape index (κ3) is 4.42. The van der Waals surface area contributed by atoms with Gasteiger partial charge in [0.2, 0.25) is 15.9 Å². The maximum Gasteiger partial charge on any atom is 0.253 e. The lowest BCUT2D eigenvalue weighted by Gasteiger charge is -2.32. The summed E-state index contributed by atoms with van der Waals surface area (Å²) in [6.45, 7) is 1.10. The summed E-state index contributed by atoms with van der Waals surface area (Å²) in [6.07, 6.45) is 4.57. The molecule has 0 radical (unpaired) electrons. The summed E-state index contributed by atoms with van der Waals surface area (Å²) in [4.78, 5) is 22.6. The molecule has 1 atom stereocenters. The fraction of sp³-hybridized carbons (Fsp3) is 0.389. The molecule has 1 aromatic carbocycles. The minimum atomic E-state index is -3.51. The SMILES string of the molecule is CN(C)S(=O)(=O)c1ccc(C(=O)N2CCC[C@H](Oc3ccncn3)C2)cc1. The second kappa shape index (κ2) is 8.01. The largest absolute Gasteiger partial charge is 0.472 e. The topological polar surface area (TPSA) is 92.7 Å². The Balaban J connectivity index is 1.68. The first-order valence-electron chi connectivity index (χ1n) is 8.62. The molecule has 1 aliphatic heterocycles. The minimum Gasteiger partial charge on any atom is -0.472 e. The second-order valence-electron chi connectivity index (χ2n) is 6.49. The minimum absolute atomic E-state index is 0.133. The molecule has 2 aromatic rings. The molecule has 1 saturated heterocycles. The van der Waals surface area contributed by atoms with E-state index >= 15 is 0 Å². The summed E-state index contributed by atoms with van der Waals surface area (Å²) in [5, 5.41) is 0. The zero-order chi connectivity index (χ0) is 19.4. The summed E-state index contributed by atoms with van der Waals surface area (Å²) in [5.41, 5.74) is 0.454. The standard InChI is InChI=1S/C18H22N4O4S/c1-21(2)27(24,25)16-7-5-14(6-8-16)18(23)22-11-3-4-15(12-22)26-17-9-10-19-13-20-17/h5-10,13,15H,3-4,11-12H2,1-2H3/t15-/m0/s1. The molecule has 0 unspecified atom stereocenters. The molecule has 2 heterocycles. The van der Waals surface area contributed by atoms with E-state index in [0.29, 0.717) is 24.5 Å². The Morgan fingerprint density at radius 3 is 2.59 bits per heavy atom. The zero-order valence-electron chi connectivity index (χ0n) is 15.3. The van der Waals surface area contributed by atoms with Crippen LogP contribution in [0.15, 0.2) is 47.8 Å². The number of ether oxygens (including phenoxy) is 1. The number of sulfonamides is 1. The van der Waals surface area contributed by atoms with Crippen molar-refractivity contribution in [3.8, 4) is 5.88 Å². The Labute approximate surface area is 158 Å². The van der Waals surface area contributed by atoms with E-state index in [9.17, 15) is 13.2 Å². The van der Waals surface area contributed by atoms with Gasteiger partial charge in [0.1, 0.15) is 12.4 Å². The van der Waals surface area contributed by atoms with Crippen molar-refractivity contribution in [3.05, 3.63) is 48.4 Å². The molecule has 8 nitrogen and oxygen atoms in total. The smallest absolute Gasteiger partial charge is 0.253 e. The number of benzene rings is 1. The predicted octanol–water partition coefficient (Wildman–Crippen LogP) is 1.41. The van der Waals surface area contributed by atoms with E-state index in [2.05, 4.69) is 9.97 Å². The van der Waals surface area contributed by atoms with Crippen LogP contribution in [-0.4, -0.2) is 66.8 Å². The van der Waals surface area contributed by atoms with Gasteiger partial charge < -0.3 is 9.64 Å². The van der Waals surface area contributed by atoms with Crippen LogP contribution < -0.4 is 4.74 Å². The van der Waals surface area contributed by atoms with Gasteiger partial charge in [-0.2, -0.15) is 0 Å². The van der Waals surface area contributed by atoms with E-state index in [4.69, 9.17) is 4.74 Å². The highest BCUT2D eigenvalue weighted by molar-refractivity contribution is 7.89. The number of carbonyl (C=O) groups excluding carboxylic acids is 1. The number of hydrogen-bond acceptors (Lipinski definition) is 6. The average Bonchev–Trinajstić information content (AvgIpc) is 2.68. The van der Waals surface area contributed by atoms with Crippen molar-refractivity contribution in [3.63, 3.8) is 0 Å². The Hall–Kier alpha value is -2.52. The molecule has 1 amide bonds. The lowest BCUT2D eigenvalue weighted by atomic mass is 10.1. The Morgan fingerprint density at radius 2 is 1.96 bits per heavy atom. The van der Waals surface area contributed by atoms with Gasteiger partial charge in [-0.25, -0.2) is 22.7 Å². The van der Waals surface area contributed by atoms with Crippen LogP contribution in [0, 0.1) is 0 Å². The molecule has 1 aliphatic rings. The number of rotatable bonds is 5. The highest BCUT2D eigenvalue weighted by Crippen LogP contribution is 2.19. The lowest BCUT2D eigenvalue weighted by molar-refractivity contribution is 0.0527. The lowest BCUT2D eigenvalue weighted by Crippen LogP contribution is -2.44. The van der Waals surface area contributed by atoms with Crippen molar-refractivity contribution in [1.29, 1.82) is 0 Å². The molecular formula is C18H22N4O4S. The van der Waals surface area contributed by atoms with Gasteiger partial charge in [-0.05, 0) is 37.1 Å². The first kappa shape index (κ1) is 19.2. The zero-order valence-corrected chi connectivity index (χ0v) is 16.1. The molecule has 144 valence electrons. The fourth-order valence-corrected chi connectivity index (χ4v) is 3.80. The number of nitrogens with zero attached hydrogens (tertiary/aromatic N) is 4. The van der Waals surface area contributed by atoms with E-state index in [1.165, 1.54) is 32.6 Å². The third-order valence-electron chi connectivity index (χ3n) is 4.39. The summed E-state index contributed by atoms with van der Waals surface area (Å²) < 4.78 is 31.2. The molecule has 0 N–H and O–H groups in total. The maximum absolute atomic E-state index is 12.8. The summed E-state index contributed by atoms with van der Waals surface area (Å²) in [5.74, 6) is 0.349. The first-order chi connectivity index (χ1) is 12.9. The average molecular weight is 390 g/mol. The van der Waals surface area contributed by atoms with Gasteiger partial charge in [0.05, 0.1) is 11.4 Å². The molecule has 0 spiro atoms. The van der Waals surface area contributed by atoms with Crippen molar-refractivity contribution in [2.45, 2.75) is 23.8 Å². The molecule has 0 saturated carbocycles. The quantitative estimate of drug-likeness (QED) is 0.766. The van der Waals surface area contributed by atoms with E-state index in [0.717, 1.165) is 17.1 Å². The number of amides is 1. The number of hydrogen-bond donors (Lipinski definition) is 0. The maximum atomic E-state index is 12.8. The van der Waals surface area contributed by atoms with Gasteiger partial charge in [-0.1, -0.05) is 0 Å². The molecule has 9 heteroatoms. The van der Waals surface area contributed by atoms with Crippen molar-refractivity contribution in [2.24, 2.45) is 0 Å². The molecule has 27 heavy (non-hydrogen) atoms. The van der Waals surface area contributed by atoms with Gasteiger partial charge >= 0.3 is 0 Å². The second-order valence-corrected chi connectivity index (χ2v) is 8.64. The van der Waals surface area contributed by atoms with Gasteiger partial charge in [0.25, 0.3) is 5.91 Å². The third-order valence-corrected chi connectivity index (χ3v) is 6.22. The number of piperidine rings is 1.